The molecule has 1 saturated heterocycles. The predicted octanol–water partition coefficient (Wildman–Crippen LogP) is 2.66. The number of urea groups is 1. The van der Waals surface area contributed by atoms with Crippen LogP contribution in [0.2, 0.25) is 0 Å². The Morgan fingerprint density at radius 1 is 1.26 bits per heavy atom. The Balaban J connectivity index is 1.97. The molecule has 1 atom stereocenters. The zero-order valence-electron chi connectivity index (χ0n) is 10.7. The number of hydrogen-bond acceptors (Lipinski definition) is 2. The molecule has 0 saturated carbocycles. The van der Waals surface area contributed by atoms with Gasteiger partial charge in [-0.2, -0.15) is 0 Å². The van der Waals surface area contributed by atoms with Crippen molar-refractivity contribution in [1.29, 1.82) is 0 Å². The summed E-state index contributed by atoms with van der Waals surface area (Å²) in [6.07, 6.45) is 3.55. The van der Waals surface area contributed by atoms with Crippen LogP contribution in [-0.2, 0) is 0 Å². The van der Waals surface area contributed by atoms with Crippen molar-refractivity contribution in [2.24, 2.45) is 0 Å². The summed E-state index contributed by atoms with van der Waals surface area (Å²) < 4.78 is 0. The van der Waals surface area contributed by atoms with Crippen molar-refractivity contribution in [2.75, 3.05) is 11.4 Å². The number of benzene rings is 1. The molecule has 1 fully saturated rings. The Morgan fingerprint density at radius 3 is 2.74 bits per heavy atom. The van der Waals surface area contributed by atoms with Gasteiger partial charge in [0, 0.05) is 24.6 Å². The van der Waals surface area contributed by atoms with Gasteiger partial charge < -0.3 is 5.32 Å². The molecule has 3 rings (SSSR count). The lowest BCUT2D eigenvalue weighted by molar-refractivity contribution is 0.251. The van der Waals surface area contributed by atoms with Gasteiger partial charge in [-0.1, -0.05) is 23.8 Å². The van der Waals surface area contributed by atoms with Gasteiger partial charge in [0.2, 0.25) is 0 Å². The van der Waals surface area contributed by atoms with Gasteiger partial charge in [0.25, 0.3) is 0 Å². The average molecular weight is 253 g/mol. The molecule has 1 aromatic carbocycles. The monoisotopic (exact) mass is 253 g/mol. The second kappa shape index (κ2) is 4.72. The van der Waals surface area contributed by atoms with Crippen molar-refractivity contribution in [3.63, 3.8) is 0 Å². The number of hydrogen-bond donors (Lipinski definition) is 1. The van der Waals surface area contributed by atoms with Gasteiger partial charge in [0.1, 0.15) is 0 Å². The minimum Gasteiger partial charge on any atom is -0.335 e. The molecule has 19 heavy (non-hydrogen) atoms. The SMILES string of the molecule is Cc1ccc(N2C(=O)NCC2c2cccnc2)cc1. The molecule has 1 unspecified atom stereocenters. The van der Waals surface area contributed by atoms with Gasteiger partial charge in [-0.3, -0.25) is 9.88 Å². The van der Waals surface area contributed by atoms with E-state index in [1.807, 2.05) is 49.5 Å². The van der Waals surface area contributed by atoms with Crippen LogP contribution in [0.25, 0.3) is 0 Å². The maximum Gasteiger partial charge on any atom is 0.322 e. The van der Waals surface area contributed by atoms with Crippen LogP contribution < -0.4 is 10.2 Å². The number of pyridine rings is 1. The highest BCUT2D eigenvalue weighted by atomic mass is 16.2. The van der Waals surface area contributed by atoms with Crippen molar-refractivity contribution < 1.29 is 4.79 Å². The topological polar surface area (TPSA) is 45.2 Å². The molecule has 0 radical (unpaired) electrons. The van der Waals surface area contributed by atoms with E-state index in [0.717, 1.165) is 11.3 Å². The van der Waals surface area contributed by atoms with E-state index in [2.05, 4.69) is 10.3 Å². The number of rotatable bonds is 2. The third-order valence-corrected chi connectivity index (χ3v) is 3.36. The van der Waals surface area contributed by atoms with Gasteiger partial charge in [-0.05, 0) is 30.7 Å². The largest absolute Gasteiger partial charge is 0.335 e. The van der Waals surface area contributed by atoms with E-state index in [-0.39, 0.29) is 12.1 Å². The number of nitrogens with one attached hydrogen (secondary N) is 1. The first-order valence-corrected chi connectivity index (χ1v) is 6.29. The van der Waals surface area contributed by atoms with Crippen LogP contribution in [0.4, 0.5) is 10.5 Å². The summed E-state index contributed by atoms with van der Waals surface area (Å²) in [5, 5.41) is 2.89. The zero-order valence-corrected chi connectivity index (χ0v) is 10.7. The first-order valence-electron chi connectivity index (χ1n) is 6.29. The molecule has 96 valence electrons. The van der Waals surface area contributed by atoms with Crippen molar-refractivity contribution in [2.45, 2.75) is 13.0 Å². The molecule has 1 aliphatic heterocycles. The first-order chi connectivity index (χ1) is 9.25. The van der Waals surface area contributed by atoms with Crippen LogP contribution >= 0.6 is 0 Å². The Morgan fingerprint density at radius 2 is 2.05 bits per heavy atom. The van der Waals surface area contributed by atoms with E-state index >= 15 is 0 Å². The molecular weight excluding hydrogens is 238 g/mol. The van der Waals surface area contributed by atoms with Gasteiger partial charge in [-0.25, -0.2) is 4.79 Å². The summed E-state index contributed by atoms with van der Waals surface area (Å²) in [4.78, 5) is 18.0. The summed E-state index contributed by atoms with van der Waals surface area (Å²) in [6, 6.07) is 11.8. The number of nitrogens with zero attached hydrogens (tertiary/aromatic N) is 2. The Kier molecular flexibility index (Phi) is 2.91. The number of aromatic nitrogens is 1. The quantitative estimate of drug-likeness (QED) is 0.894. The molecule has 0 bridgehead atoms. The van der Waals surface area contributed by atoms with E-state index in [0.29, 0.717) is 6.54 Å². The van der Waals surface area contributed by atoms with Crippen LogP contribution in [0.1, 0.15) is 17.2 Å². The van der Waals surface area contributed by atoms with Crippen molar-refractivity contribution in [3.05, 3.63) is 59.9 Å². The van der Waals surface area contributed by atoms with Crippen LogP contribution in [0, 0.1) is 6.92 Å². The molecule has 2 aromatic rings. The smallest absolute Gasteiger partial charge is 0.322 e. The van der Waals surface area contributed by atoms with Crippen LogP contribution in [0.3, 0.4) is 0 Å². The average Bonchev–Trinajstić information content (AvgIpc) is 2.83. The Hall–Kier alpha value is -2.36. The summed E-state index contributed by atoms with van der Waals surface area (Å²) in [5.74, 6) is 0. The molecule has 0 aliphatic carbocycles. The highest BCUT2D eigenvalue weighted by Gasteiger charge is 2.32. The lowest BCUT2D eigenvalue weighted by atomic mass is 10.1. The van der Waals surface area contributed by atoms with Crippen LogP contribution in [0.15, 0.2) is 48.8 Å². The summed E-state index contributed by atoms with van der Waals surface area (Å²) in [6.45, 7) is 2.64. The molecule has 4 nitrogen and oxygen atoms in total. The highest BCUT2D eigenvalue weighted by molar-refractivity contribution is 5.95. The molecule has 1 aliphatic rings. The predicted molar refractivity (Wildman–Crippen MR) is 74.0 cm³/mol. The van der Waals surface area contributed by atoms with Gasteiger partial charge >= 0.3 is 6.03 Å². The third kappa shape index (κ3) is 2.17. The number of anilines is 1. The van der Waals surface area contributed by atoms with E-state index in [1.54, 1.807) is 11.1 Å². The molecular formula is C15H15N3O. The van der Waals surface area contributed by atoms with Crippen molar-refractivity contribution in [3.8, 4) is 0 Å². The number of amides is 2. The lowest BCUT2D eigenvalue weighted by Crippen LogP contribution is -2.29. The normalized spacial score (nSPS) is 18.5. The summed E-state index contributed by atoms with van der Waals surface area (Å²) in [5.41, 5.74) is 3.14. The first kappa shape index (κ1) is 11.7. The van der Waals surface area contributed by atoms with Crippen molar-refractivity contribution in [1.82, 2.24) is 10.3 Å². The minimum atomic E-state index is -0.0577. The number of aryl methyl sites for hydroxylation is 1. The Bertz CT molecular complexity index is 580. The van der Waals surface area contributed by atoms with Gasteiger partial charge in [-0.15, -0.1) is 0 Å². The van der Waals surface area contributed by atoms with Gasteiger partial charge in [0.05, 0.1) is 6.04 Å². The van der Waals surface area contributed by atoms with E-state index in [9.17, 15) is 4.79 Å². The molecule has 2 amide bonds. The van der Waals surface area contributed by atoms with Crippen molar-refractivity contribution >= 4 is 11.7 Å². The fourth-order valence-electron chi connectivity index (χ4n) is 2.34. The van der Waals surface area contributed by atoms with Crippen LogP contribution in [-0.4, -0.2) is 17.6 Å². The second-order valence-electron chi connectivity index (χ2n) is 4.69. The molecule has 2 heterocycles. The molecule has 0 spiro atoms. The lowest BCUT2D eigenvalue weighted by Gasteiger charge is -2.23. The number of carbonyl (C=O) groups is 1. The molecule has 1 aromatic heterocycles. The molecule has 1 N–H and O–H groups in total. The van der Waals surface area contributed by atoms with E-state index < -0.39 is 0 Å². The molecule has 4 heteroatoms. The third-order valence-electron chi connectivity index (χ3n) is 3.36. The minimum absolute atomic E-state index is 0.00362. The standard InChI is InChI=1S/C15H15N3O/c1-11-4-6-13(7-5-11)18-14(10-17-15(18)19)12-3-2-8-16-9-12/h2-9,14H,10H2,1H3,(H,17,19). The summed E-state index contributed by atoms with van der Waals surface area (Å²) in [7, 11) is 0. The number of carbonyl (C=O) groups excluding carboxylic acids is 1. The second-order valence-corrected chi connectivity index (χ2v) is 4.69. The highest BCUT2D eigenvalue weighted by Crippen LogP contribution is 2.30. The summed E-state index contributed by atoms with van der Waals surface area (Å²) >= 11 is 0. The maximum absolute atomic E-state index is 12.0. The van der Waals surface area contributed by atoms with E-state index in [4.69, 9.17) is 0 Å². The fourth-order valence-corrected chi connectivity index (χ4v) is 2.34. The maximum atomic E-state index is 12.0. The zero-order chi connectivity index (χ0) is 13.2. The van der Waals surface area contributed by atoms with E-state index in [1.165, 1.54) is 5.56 Å². The van der Waals surface area contributed by atoms with Gasteiger partial charge in [0.15, 0.2) is 0 Å². The van der Waals surface area contributed by atoms with Crippen LogP contribution in [0.5, 0.6) is 0 Å². The fraction of sp³-hybridized carbons (Fsp3) is 0.200. The Labute approximate surface area is 112 Å².